The third kappa shape index (κ3) is 6.07. The standard InChI is InChI=1S/C27H46O5/c1-3-8-22-18-26-24(16-20(22)6-1)29-10-5-11-30-25-17-21-7-2-4-9-23(21)19-27(25)32-15-13-28-12-14-31-26/h20-27H,1-19H2. The number of rotatable bonds is 0. The summed E-state index contributed by atoms with van der Waals surface area (Å²) in [4.78, 5) is 0. The quantitative estimate of drug-likeness (QED) is 0.511. The van der Waals surface area contributed by atoms with Crippen LogP contribution in [0.15, 0.2) is 0 Å². The fourth-order valence-electron chi connectivity index (χ4n) is 7.46. The fraction of sp³-hybridized carbons (Fsp3) is 1.00. The van der Waals surface area contributed by atoms with Crippen molar-refractivity contribution in [3.8, 4) is 0 Å². The molecule has 8 atom stereocenters. The summed E-state index contributed by atoms with van der Waals surface area (Å²) in [5.74, 6) is 3.36. The van der Waals surface area contributed by atoms with Gasteiger partial charge in [0.25, 0.3) is 0 Å². The Labute approximate surface area is 195 Å². The molecule has 5 rings (SSSR count). The zero-order chi connectivity index (χ0) is 21.6. The third-order valence-corrected chi connectivity index (χ3v) is 9.17. The Morgan fingerprint density at radius 2 is 0.688 bits per heavy atom. The van der Waals surface area contributed by atoms with Gasteiger partial charge in [0.2, 0.25) is 0 Å². The number of ether oxygens (including phenoxy) is 5. The molecule has 5 heteroatoms. The van der Waals surface area contributed by atoms with Crippen LogP contribution in [-0.4, -0.2) is 64.1 Å². The Kier molecular flexibility index (Phi) is 8.81. The van der Waals surface area contributed by atoms with E-state index in [4.69, 9.17) is 23.7 Å². The SMILES string of the molecule is C1COC2CC3CCCCC3CC2OCCOCCOC2CC3CCCCC3CC2OC1. The van der Waals surface area contributed by atoms with Gasteiger partial charge >= 0.3 is 0 Å². The van der Waals surface area contributed by atoms with E-state index in [1.54, 1.807) is 0 Å². The number of hydrogen-bond acceptors (Lipinski definition) is 5. The van der Waals surface area contributed by atoms with Crippen molar-refractivity contribution >= 4 is 0 Å². The third-order valence-electron chi connectivity index (χ3n) is 9.17. The number of hydrogen-bond donors (Lipinski definition) is 0. The molecule has 0 N–H and O–H groups in total. The Morgan fingerprint density at radius 3 is 1.06 bits per heavy atom. The van der Waals surface area contributed by atoms with Gasteiger partial charge in [0, 0.05) is 13.2 Å². The summed E-state index contributed by atoms with van der Waals surface area (Å²) in [5.41, 5.74) is 0. The van der Waals surface area contributed by atoms with E-state index in [0.717, 1.165) is 43.3 Å². The molecule has 4 aliphatic carbocycles. The van der Waals surface area contributed by atoms with Gasteiger partial charge in [-0.25, -0.2) is 0 Å². The molecule has 4 saturated carbocycles. The van der Waals surface area contributed by atoms with E-state index >= 15 is 0 Å². The first-order valence-electron chi connectivity index (χ1n) is 13.9. The summed E-state index contributed by atoms with van der Waals surface area (Å²) in [6.07, 6.45) is 17.7. The summed E-state index contributed by atoms with van der Waals surface area (Å²) in [6, 6.07) is 0. The highest BCUT2D eigenvalue weighted by Gasteiger charge is 2.40. The van der Waals surface area contributed by atoms with Crippen molar-refractivity contribution < 1.29 is 23.7 Å². The predicted octanol–water partition coefficient (Wildman–Crippen LogP) is 5.15. The van der Waals surface area contributed by atoms with Crippen LogP contribution in [0.3, 0.4) is 0 Å². The van der Waals surface area contributed by atoms with Crippen LogP contribution >= 0.6 is 0 Å². The summed E-state index contributed by atoms with van der Waals surface area (Å²) in [5, 5.41) is 0. The van der Waals surface area contributed by atoms with Crippen molar-refractivity contribution in [3.63, 3.8) is 0 Å². The van der Waals surface area contributed by atoms with Crippen molar-refractivity contribution in [2.75, 3.05) is 39.6 Å². The van der Waals surface area contributed by atoms with Crippen LogP contribution in [0.4, 0.5) is 0 Å². The van der Waals surface area contributed by atoms with Gasteiger partial charge in [-0.05, 0) is 55.8 Å². The van der Waals surface area contributed by atoms with E-state index in [0.29, 0.717) is 26.4 Å². The second-order valence-corrected chi connectivity index (χ2v) is 11.2. The van der Waals surface area contributed by atoms with E-state index in [2.05, 4.69) is 0 Å². The van der Waals surface area contributed by atoms with Crippen molar-refractivity contribution in [1.82, 2.24) is 0 Å². The lowest BCUT2D eigenvalue weighted by Crippen LogP contribution is -2.44. The highest BCUT2D eigenvalue weighted by atomic mass is 16.6. The average molecular weight is 451 g/mol. The maximum atomic E-state index is 6.44. The van der Waals surface area contributed by atoms with Crippen LogP contribution in [0.2, 0.25) is 0 Å². The lowest BCUT2D eigenvalue weighted by molar-refractivity contribution is -0.148. The predicted molar refractivity (Wildman–Crippen MR) is 124 cm³/mol. The summed E-state index contributed by atoms with van der Waals surface area (Å²) >= 11 is 0. The molecule has 1 saturated heterocycles. The van der Waals surface area contributed by atoms with Gasteiger partial charge < -0.3 is 23.7 Å². The summed E-state index contributed by atoms with van der Waals surface area (Å²) in [6.45, 7) is 4.19. The zero-order valence-corrected chi connectivity index (χ0v) is 20.1. The van der Waals surface area contributed by atoms with Gasteiger partial charge in [0.05, 0.1) is 50.8 Å². The second-order valence-electron chi connectivity index (χ2n) is 11.2. The van der Waals surface area contributed by atoms with E-state index in [1.807, 2.05) is 0 Å². The summed E-state index contributed by atoms with van der Waals surface area (Å²) < 4.78 is 31.4. The Hall–Kier alpha value is -0.200. The first-order valence-corrected chi connectivity index (χ1v) is 13.9. The van der Waals surface area contributed by atoms with Gasteiger partial charge in [0.15, 0.2) is 0 Å². The minimum Gasteiger partial charge on any atom is -0.377 e. The van der Waals surface area contributed by atoms with E-state index in [9.17, 15) is 0 Å². The summed E-state index contributed by atoms with van der Waals surface area (Å²) in [7, 11) is 0. The second kappa shape index (κ2) is 12.0. The Bertz CT molecular complexity index is 510. The van der Waals surface area contributed by atoms with E-state index in [1.165, 1.54) is 77.0 Å². The van der Waals surface area contributed by atoms with Crippen LogP contribution in [0.5, 0.6) is 0 Å². The molecule has 32 heavy (non-hydrogen) atoms. The molecule has 8 unspecified atom stereocenters. The molecular weight excluding hydrogens is 404 g/mol. The molecule has 0 spiro atoms. The van der Waals surface area contributed by atoms with Gasteiger partial charge in [0.1, 0.15) is 0 Å². The molecule has 0 aromatic carbocycles. The molecule has 0 bridgehead atoms. The fourth-order valence-corrected chi connectivity index (χ4v) is 7.46. The molecule has 184 valence electrons. The largest absolute Gasteiger partial charge is 0.377 e. The van der Waals surface area contributed by atoms with Gasteiger partial charge in [-0.2, -0.15) is 0 Å². The zero-order valence-electron chi connectivity index (χ0n) is 20.1. The molecule has 1 aliphatic heterocycles. The average Bonchev–Trinajstić information content (AvgIpc) is 2.82. The minimum absolute atomic E-state index is 0.231. The maximum Gasteiger partial charge on any atom is 0.0840 e. The van der Waals surface area contributed by atoms with Gasteiger partial charge in [-0.1, -0.05) is 51.4 Å². The van der Waals surface area contributed by atoms with Crippen LogP contribution < -0.4 is 0 Å². The molecule has 0 radical (unpaired) electrons. The Morgan fingerprint density at radius 1 is 0.344 bits per heavy atom. The van der Waals surface area contributed by atoms with Crippen molar-refractivity contribution in [2.45, 2.75) is 108 Å². The van der Waals surface area contributed by atoms with Crippen LogP contribution in [-0.2, 0) is 23.7 Å². The highest BCUT2D eigenvalue weighted by molar-refractivity contribution is 4.91. The minimum atomic E-state index is 0.231. The lowest BCUT2D eigenvalue weighted by Gasteiger charge is -2.44. The molecule has 5 aliphatic rings. The Balaban J connectivity index is 1.16. The normalized spacial score (nSPS) is 45.0. The molecule has 0 amide bonds. The van der Waals surface area contributed by atoms with Crippen LogP contribution in [0, 0.1) is 23.7 Å². The topological polar surface area (TPSA) is 46.2 Å². The van der Waals surface area contributed by atoms with Gasteiger partial charge in [-0.3, -0.25) is 0 Å². The van der Waals surface area contributed by atoms with Crippen LogP contribution in [0.1, 0.15) is 83.5 Å². The molecule has 5 fully saturated rings. The molecule has 0 aromatic rings. The van der Waals surface area contributed by atoms with Crippen molar-refractivity contribution in [2.24, 2.45) is 23.7 Å². The van der Waals surface area contributed by atoms with Crippen LogP contribution in [0.25, 0.3) is 0 Å². The molecule has 1 heterocycles. The first-order chi connectivity index (χ1) is 15.9. The van der Waals surface area contributed by atoms with Gasteiger partial charge in [-0.15, -0.1) is 0 Å². The van der Waals surface area contributed by atoms with E-state index in [-0.39, 0.29) is 24.4 Å². The maximum absolute atomic E-state index is 6.44. The van der Waals surface area contributed by atoms with Crippen molar-refractivity contribution in [3.05, 3.63) is 0 Å². The number of fused-ring (bicyclic) bond motifs is 4. The molecule has 0 aromatic heterocycles. The lowest BCUT2D eigenvalue weighted by atomic mass is 9.69. The smallest absolute Gasteiger partial charge is 0.0840 e. The molecule has 5 nitrogen and oxygen atoms in total. The monoisotopic (exact) mass is 450 g/mol. The highest BCUT2D eigenvalue weighted by Crippen LogP contribution is 2.43. The first kappa shape index (κ1) is 23.5. The van der Waals surface area contributed by atoms with E-state index < -0.39 is 0 Å². The molecular formula is C27H46O5. The van der Waals surface area contributed by atoms with Crippen molar-refractivity contribution in [1.29, 1.82) is 0 Å².